The second-order valence-corrected chi connectivity index (χ2v) is 7.60. The molecule has 1 unspecified atom stereocenters. The van der Waals surface area contributed by atoms with Gasteiger partial charge in [-0.05, 0) is 40.8 Å². The molecule has 1 atom stereocenters. The highest BCUT2D eigenvalue weighted by atomic mass is 127. The predicted molar refractivity (Wildman–Crippen MR) is 108 cm³/mol. The number of rotatable bonds is 7. The Labute approximate surface area is 170 Å². The number of hydroxylamine groups is 1. The molecule has 27 heavy (non-hydrogen) atoms. The zero-order valence-corrected chi connectivity index (χ0v) is 17.0. The predicted octanol–water partition coefficient (Wildman–Crippen LogP) is 1.99. The summed E-state index contributed by atoms with van der Waals surface area (Å²) in [6.07, 6.45) is -1.35. The number of aromatic nitrogens is 2. The number of fused-ring (bicyclic) bond motifs is 1. The van der Waals surface area contributed by atoms with Gasteiger partial charge in [0.05, 0.1) is 34.7 Å². The first kappa shape index (κ1) is 20.1. The van der Waals surface area contributed by atoms with Crippen molar-refractivity contribution in [2.45, 2.75) is 6.23 Å². The molecule has 0 bridgehead atoms. The van der Waals surface area contributed by atoms with Crippen molar-refractivity contribution < 1.29 is 19.4 Å². The summed E-state index contributed by atoms with van der Waals surface area (Å²) < 4.78 is 16.7. The molecule has 0 saturated carbocycles. The Morgan fingerprint density at radius 3 is 2.96 bits per heavy atom. The Hall–Kier alpha value is -1.64. The van der Waals surface area contributed by atoms with Gasteiger partial charge in [0.15, 0.2) is 6.23 Å². The third-order valence-electron chi connectivity index (χ3n) is 3.76. The number of hydrogen-bond donors (Lipinski definition) is 4. The first-order chi connectivity index (χ1) is 12.9. The highest BCUT2D eigenvalue weighted by Gasteiger charge is 2.23. The van der Waals surface area contributed by atoms with E-state index in [2.05, 4.69) is 15.8 Å². The Kier molecular flexibility index (Phi) is 6.39. The standard InChI is InChI=1S/C16H16FIN4O4S/c1-22-14(20-10-3-2-8(18)6-9(10)17)11(15(24)21-26-5-4-23)13-12(16(22)25)19-7-27-13/h2-3,6-7,15,20-21,23-24H,4-5H2,1H3. The van der Waals surface area contributed by atoms with Gasteiger partial charge in [-0.25, -0.2) is 9.37 Å². The Morgan fingerprint density at radius 1 is 1.48 bits per heavy atom. The second-order valence-electron chi connectivity index (χ2n) is 5.50. The highest BCUT2D eigenvalue weighted by molar-refractivity contribution is 14.1. The molecule has 0 radical (unpaired) electrons. The molecule has 2 heterocycles. The lowest BCUT2D eigenvalue weighted by Gasteiger charge is -2.21. The molecule has 0 aliphatic heterocycles. The molecule has 0 amide bonds. The minimum atomic E-state index is -1.35. The molecule has 2 aromatic heterocycles. The highest BCUT2D eigenvalue weighted by Crippen LogP contribution is 2.33. The SMILES string of the molecule is Cn1c(Nc2ccc(I)cc2F)c(C(O)NOCCO)c2scnc2c1=O. The van der Waals surface area contributed by atoms with Crippen LogP contribution in [0.15, 0.2) is 28.5 Å². The summed E-state index contributed by atoms with van der Waals surface area (Å²) in [6.45, 7) is -0.273. The Balaban J connectivity index is 2.13. The summed E-state index contributed by atoms with van der Waals surface area (Å²) in [5.41, 5.74) is 4.14. The van der Waals surface area contributed by atoms with Crippen LogP contribution in [0, 0.1) is 9.39 Å². The van der Waals surface area contributed by atoms with Crippen molar-refractivity contribution in [2.75, 3.05) is 18.5 Å². The molecule has 3 rings (SSSR count). The summed E-state index contributed by atoms with van der Waals surface area (Å²) in [5, 5.41) is 22.3. The van der Waals surface area contributed by atoms with Crippen LogP contribution < -0.4 is 16.4 Å². The van der Waals surface area contributed by atoms with Crippen LogP contribution in [0.1, 0.15) is 11.8 Å². The smallest absolute Gasteiger partial charge is 0.279 e. The van der Waals surface area contributed by atoms with Crippen molar-refractivity contribution in [1.82, 2.24) is 15.0 Å². The number of nitrogens with zero attached hydrogens (tertiary/aromatic N) is 2. The lowest BCUT2D eigenvalue weighted by molar-refractivity contribution is -0.0669. The first-order valence-electron chi connectivity index (χ1n) is 7.78. The largest absolute Gasteiger partial charge is 0.394 e. The van der Waals surface area contributed by atoms with Crippen molar-refractivity contribution in [3.63, 3.8) is 0 Å². The first-order valence-corrected chi connectivity index (χ1v) is 9.74. The van der Waals surface area contributed by atoms with Gasteiger partial charge in [0.1, 0.15) is 17.2 Å². The van der Waals surface area contributed by atoms with Gasteiger partial charge in [0.2, 0.25) is 0 Å². The van der Waals surface area contributed by atoms with Crippen molar-refractivity contribution in [3.05, 3.63) is 49.0 Å². The number of aliphatic hydroxyl groups excluding tert-OH is 2. The number of anilines is 2. The number of benzene rings is 1. The summed E-state index contributed by atoms with van der Waals surface area (Å²) in [5.74, 6) is -0.298. The second kappa shape index (κ2) is 8.58. The molecule has 0 fully saturated rings. The average molecular weight is 506 g/mol. The van der Waals surface area contributed by atoms with Gasteiger partial charge in [-0.3, -0.25) is 14.2 Å². The van der Waals surface area contributed by atoms with E-state index >= 15 is 0 Å². The number of pyridine rings is 1. The minimum Gasteiger partial charge on any atom is -0.394 e. The van der Waals surface area contributed by atoms with Gasteiger partial charge in [-0.2, -0.15) is 5.48 Å². The maximum absolute atomic E-state index is 14.3. The van der Waals surface area contributed by atoms with Crippen LogP contribution in [-0.2, 0) is 11.9 Å². The van der Waals surface area contributed by atoms with E-state index < -0.39 is 12.0 Å². The van der Waals surface area contributed by atoms with E-state index in [1.54, 1.807) is 12.1 Å². The fourth-order valence-corrected chi connectivity index (χ4v) is 3.81. The van der Waals surface area contributed by atoms with Crippen LogP contribution in [0.3, 0.4) is 0 Å². The van der Waals surface area contributed by atoms with Gasteiger partial charge < -0.3 is 15.5 Å². The van der Waals surface area contributed by atoms with Crippen LogP contribution >= 0.6 is 33.9 Å². The van der Waals surface area contributed by atoms with Crippen molar-refractivity contribution >= 4 is 55.6 Å². The third kappa shape index (κ3) is 4.12. The van der Waals surface area contributed by atoms with E-state index in [1.807, 2.05) is 22.6 Å². The van der Waals surface area contributed by atoms with E-state index in [1.165, 1.54) is 34.5 Å². The summed E-state index contributed by atoms with van der Waals surface area (Å²) in [6, 6.07) is 4.61. The summed E-state index contributed by atoms with van der Waals surface area (Å²) in [4.78, 5) is 21.6. The van der Waals surface area contributed by atoms with Crippen LogP contribution in [-0.4, -0.2) is 33.0 Å². The maximum Gasteiger partial charge on any atom is 0.279 e. The average Bonchev–Trinajstić information content (AvgIpc) is 3.11. The van der Waals surface area contributed by atoms with E-state index in [4.69, 9.17) is 9.94 Å². The van der Waals surface area contributed by atoms with Crippen LogP contribution in [0.4, 0.5) is 15.9 Å². The maximum atomic E-state index is 14.3. The minimum absolute atomic E-state index is 0.0385. The Bertz CT molecular complexity index is 1030. The summed E-state index contributed by atoms with van der Waals surface area (Å²) in [7, 11) is 1.50. The summed E-state index contributed by atoms with van der Waals surface area (Å²) >= 11 is 3.17. The van der Waals surface area contributed by atoms with E-state index in [-0.39, 0.29) is 41.4 Å². The zero-order chi connectivity index (χ0) is 19.6. The van der Waals surface area contributed by atoms with E-state index in [0.29, 0.717) is 4.70 Å². The molecule has 1 aromatic carbocycles. The molecule has 0 spiro atoms. The molecular weight excluding hydrogens is 490 g/mol. The van der Waals surface area contributed by atoms with Gasteiger partial charge in [-0.15, -0.1) is 11.3 Å². The lowest BCUT2D eigenvalue weighted by Crippen LogP contribution is -2.28. The van der Waals surface area contributed by atoms with Crippen LogP contribution in [0.5, 0.6) is 0 Å². The molecule has 144 valence electrons. The van der Waals surface area contributed by atoms with E-state index in [9.17, 15) is 14.3 Å². The molecule has 0 aliphatic carbocycles. The topological polar surface area (TPSA) is 109 Å². The molecule has 8 nitrogen and oxygen atoms in total. The molecular formula is C16H16FIN4O4S. The van der Waals surface area contributed by atoms with Crippen LogP contribution in [0.25, 0.3) is 10.2 Å². The third-order valence-corrected chi connectivity index (χ3v) is 5.29. The lowest BCUT2D eigenvalue weighted by atomic mass is 10.2. The van der Waals surface area contributed by atoms with Gasteiger partial charge >= 0.3 is 0 Å². The fraction of sp³-hybridized carbons (Fsp3) is 0.250. The van der Waals surface area contributed by atoms with Crippen molar-refractivity contribution in [2.24, 2.45) is 7.05 Å². The quantitative estimate of drug-likeness (QED) is 0.168. The molecule has 4 N–H and O–H groups in total. The fourth-order valence-electron chi connectivity index (χ4n) is 2.50. The van der Waals surface area contributed by atoms with Crippen molar-refractivity contribution in [1.29, 1.82) is 0 Å². The molecule has 11 heteroatoms. The normalized spacial score (nSPS) is 12.5. The van der Waals surface area contributed by atoms with Crippen LogP contribution in [0.2, 0.25) is 0 Å². The number of halogens is 2. The number of thiazole rings is 1. The zero-order valence-electron chi connectivity index (χ0n) is 14.1. The van der Waals surface area contributed by atoms with Gasteiger partial charge in [0.25, 0.3) is 5.56 Å². The number of nitrogens with one attached hydrogen (secondary N) is 2. The van der Waals surface area contributed by atoms with Crippen molar-refractivity contribution in [3.8, 4) is 0 Å². The van der Waals surface area contributed by atoms with Gasteiger partial charge in [-0.1, -0.05) is 0 Å². The van der Waals surface area contributed by atoms with Gasteiger partial charge in [0, 0.05) is 10.6 Å². The van der Waals surface area contributed by atoms with E-state index in [0.717, 1.165) is 3.57 Å². The molecule has 3 aromatic rings. The molecule has 0 saturated heterocycles. The number of aliphatic hydroxyl groups is 2. The molecule has 0 aliphatic rings. The Morgan fingerprint density at radius 2 is 2.26 bits per heavy atom. The number of hydrogen-bond acceptors (Lipinski definition) is 8. The monoisotopic (exact) mass is 506 g/mol.